The van der Waals surface area contributed by atoms with Crippen molar-refractivity contribution in [1.29, 1.82) is 0 Å². The third kappa shape index (κ3) is 15.0. The van der Waals surface area contributed by atoms with E-state index in [0.717, 1.165) is 19.3 Å². The number of amides is 1. The summed E-state index contributed by atoms with van der Waals surface area (Å²) in [6.07, 6.45) is 2.74. The van der Waals surface area contributed by atoms with E-state index in [9.17, 15) is 24.2 Å². The first-order chi connectivity index (χ1) is 11.8. The van der Waals surface area contributed by atoms with Crippen molar-refractivity contribution in [3.63, 3.8) is 0 Å². The maximum atomic E-state index is 11.6. The van der Waals surface area contributed by atoms with Crippen LogP contribution in [0, 0.1) is 0 Å². The maximum Gasteiger partial charge on any atom is 0.472 e. The van der Waals surface area contributed by atoms with Crippen LogP contribution in [0.1, 0.15) is 52.4 Å². The molecule has 2 unspecified atom stereocenters. The molecule has 0 rings (SSSR count). The summed E-state index contributed by atoms with van der Waals surface area (Å²) in [6, 6.07) is 0. The first kappa shape index (κ1) is 24.0. The van der Waals surface area contributed by atoms with Gasteiger partial charge in [-0.15, -0.1) is 0 Å². The maximum absolute atomic E-state index is 11.6. The van der Waals surface area contributed by atoms with E-state index in [4.69, 9.17) is 4.74 Å². The van der Waals surface area contributed by atoms with Crippen LogP contribution < -0.4 is 5.32 Å². The van der Waals surface area contributed by atoms with Gasteiger partial charge in [-0.1, -0.05) is 26.7 Å². The number of unbranched alkanes of at least 4 members (excludes halogenated alkanes) is 2. The summed E-state index contributed by atoms with van der Waals surface area (Å²) in [5, 5.41) is 12.1. The molecule has 25 heavy (non-hydrogen) atoms. The summed E-state index contributed by atoms with van der Waals surface area (Å²) < 4.78 is 25.7. The summed E-state index contributed by atoms with van der Waals surface area (Å²) in [5.41, 5.74) is 0. The molecule has 0 aliphatic carbocycles. The Kier molecular flexibility index (Phi) is 13.6. The smallest absolute Gasteiger partial charge is 0.463 e. The Morgan fingerprint density at radius 3 is 2.44 bits per heavy atom. The van der Waals surface area contributed by atoms with E-state index in [0.29, 0.717) is 12.8 Å². The molecule has 0 aliphatic rings. The van der Waals surface area contributed by atoms with Crippen molar-refractivity contribution < 1.29 is 37.9 Å². The van der Waals surface area contributed by atoms with Crippen LogP contribution in [0.5, 0.6) is 0 Å². The number of phosphoric ester groups is 1. The minimum Gasteiger partial charge on any atom is -0.463 e. The number of hydrogen-bond acceptors (Lipinski definition) is 7. The highest BCUT2D eigenvalue weighted by Crippen LogP contribution is 2.42. The molecule has 0 aromatic heterocycles. The third-order valence-electron chi connectivity index (χ3n) is 3.01. The highest BCUT2D eigenvalue weighted by atomic mass is 31.2. The lowest BCUT2D eigenvalue weighted by atomic mass is 10.2. The van der Waals surface area contributed by atoms with Gasteiger partial charge in [0.25, 0.3) is 0 Å². The van der Waals surface area contributed by atoms with E-state index in [1.807, 2.05) is 13.8 Å². The number of hydrogen-bond donors (Lipinski definition) is 3. The predicted octanol–water partition coefficient (Wildman–Crippen LogP) is 1.52. The zero-order valence-corrected chi connectivity index (χ0v) is 15.8. The van der Waals surface area contributed by atoms with Crippen LogP contribution in [0.25, 0.3) is 0 Å². The van der Waals surface area contributed by atoms with Crippen molar-refractivity contribution in [3.8, 4) is 0 Å². The van der Waals surface area contributed by atoms with Gasteiger partial charge in [-0.2, -0.15) is 0 Å². The van der Waals surface area contributed by atoms with E-state index >= 15 is 0 Å². The second-order valence-electron chi connectivity index (χ2n) is 5.49. The van der Waals surface area contributed by atoms with Crippen LogP contribution in [-0.4, -0.2) is 54.3 Å². The van der Waals surface area contributed by atoms with Crippen LogP contribution >= 0.6 is 7.82 Å². The van der Waals surface area contributed by atoms with Gasteiger partial charge in [0.05, 0.1) is 13.2 Å². The molecule has 10 heteroatoms. The minimum absolute atomic E-state index is 0.0741. The summed E-state index contributed by atoms with van der Waals surface area (Å²) in [6.45, 7) is 2.91. The quantitative estimate of drug-likeness (QED) is 0.220. The number of carbonyl (C=O) groups is 2. The van der Waals surface area contributed by atoms with Gasteiger partial charge in [-0.3, -0.25) is 18.6 Å². The zero-order valence-electron chi connectivity index (χ0n) is 14.9. The van der Waals surface area contributed by atoms with Crippen LogP contribution in [0.2, 0.25) is 0 Å². The number of phosphoric acid groups is 1. The third-order valence-corrected chi connectivity index (χ3v) is 3.99. The number of aliphatic hydroxyl groups excluding tert-OH is 1. The highest BCUT2D eigenvalue weighted by Gasteiger charge is 2.23. The molecule has 0 aromatic carbocycles. The van der Waals surface area contributed by atoms with Gasteiger partial charge in [0, 0.05) is 19.4 Å². The number of aliphatic hydroxyl groups is 1. The standard InChI is InChI=1S/C15H30NO8P/c1-3-5-6-8-15(19)22-11-13(17)12-24-25(20,21)23-10-9-16-14(18)7-4-2/h13,17H,3-12H2,1-2H3,(H,16,18)(H,20,21). The molecule has 148 valence electrons. The number of nitrogens with one attached hydrogen (secondary N) is 1. The van der Waals surface area contributed by atoms with Crippen molar-refractivity contribution in [3.05, 3.63) is 0 Å². The Morgan fingerprint density at radius 1 is 1.08 bits per heavy atom. The average molecular weight is 383 g/mol. The lowest BCUT2D eigenvalue weighted by Gasteiger charge is -2.15. The van der Waals surface area contributed by atoms with E-state index in [1.54, 1.807) is 0 Å². The van der Waals surface area contributed by atoms with Gasteiger partial charge in [0.15, 0.2) is 0 Å². The normalized spacial score (nSPS) is 14.6. The van der Waals surface area contributed by atoms with Crippen LogP contribution in [0.3, 0.4) is 0 Å². The molecule has 0 heterocycles. The molecule has 0 radical (unpaired) electrons. The van der Waals surface area contributed by atoms with Gasteiger partial charge >= 0.3 is 13.8 Å². The molecular weight excluding hydrogens is 353 g/mol. The van der Waals surface area contributed by atoms with Crippen molar-refractivity contribution >= 4 is 19.7 Å². The Morgan fingerprint density at radius 2 is 1.80 bits per heavy atom. The number of carbonyl (C=O) groups excluding carboxylic acids is 2. The first-order valence-corrected chi connectivity index (χ1v) is 10.0. The number of ether oxygens (including phenoxy) is 1. The molecule has 0 saturated carbocycles. The second kappa shape index (κ2) is 14.2. The topological polar surface area (TPSA) is 131 Å². The van der Waals surface area contributed by atoms with E-state index in [2.05, 4.69) is 14.4 Å². The summed E-state index contributed by atoms with van der Waals surface area (Å²) >= 11 is 0. The average Bonchev–Trinajstić information content (AvgIpc) is 2.56. The Hall–Kier alpha value is -0.990. The fourth-order valence-electron chi connectivity index (χ4n) is 1.71. The molecule has 2 atom stereocenters. The Labute approximate surface area is 148 Å². The predicted molar refractivity (Wildman–Crippen MR) is 90.8 cm³/mol. The van der Waals surface area contributed by atoms with E-state index in [-0.39, 0.29) is 32.1 Å². The van der Waals surface area contributed by atoms with Crippen molar-refractivity contribution in [1.82, 2.24) is 5.32 Å². The molecule has 0 fully saturated rings. The molecule has 0 saturated heterocycles. The molecule has 3 N–H and O–H groups in total. The SMILES string of the molecule is CCCCCC(=O)OCC(O)COP(=O)(O)OCCNC(=O)CCC. The summed E-state index contributed by atoms with van der Waals surface area (Å²) in [7, 11) is -4.34. The zero-order chi connectivity index (χ0) is 19.1. The fraction of sp³-hybridized carbons (Fsp3) is 0.867. The fourth-order valence-corrected chi connectivity index (χ4v) is 2.47. The van der Waals surface area contributed by atoms with E-state index < -0.39 is 26.5 Å². The van der Waals surface area contributed by atoms with Crippen LogP contribution in [0.4, 0.5) is 0 Å². The van der Waals surface area contributed by atoms with Crippen LogP contribution in [-0.2, 0) is 27.9 Å². The molecule has 9 nitrogen and oxygen atoms in total. The van der Waals surface area contributed by atoms with Crippen molar-refractivity contribution in [2.45, 2.75) is 58.5 Å². The monoisotopic (exact) mass is 383 g/mol. The van der Waals surface area contributed by atoms with Gasteiger partial charge in [0.2, 0.25) is 5.91 Å². The first-order valence-electron chi connectivity index (χ1n) is 8.53. The van der Waals surface area contributed by atoms with E-state index in [1.165, 1.54) is 0 Å². The van der Waals surface area contributed by atoms with Crippen molar-refractivity contribution in [2.24, 2.45) is 0 Å². The molecule has 1 amide bonds. The minimum atomic E-state index is -4.34. The largest absolute Gasteiger partial charge is 0.472 e. The molecule has 0 bridgehead atoms. The second-order valence-corrected chi connectivity index (χ2v) is 6.94. The molecule has 0 aliphatic heterocycles. The van der Waals surface area contributed by atoms with Crippen LogP contribution in [0.15, 0.2) is 0 Å². The lowest BCUT2D eigenvalue weighted by Crippen LogP contribution is -2.27. The molecular formula is C15H30NO8P. The van der Waals surface area contributed by atoms with Gasteiger partial charge in [-0.05, 0) is 12.8 Å². The number of esters is 1. The van der Waals surface area contributed by atoms with Gasteiger partial charge < -0.3 is 20.1 Å². The Balaban J connectivity index is 3.82. The summed E-state index contributed by atoms with van der Waals surface area (Å²) in [5.74, 6) is -0.602. The number of rotatable bonds is 15. The Bertz CT molecular complexity index is 432. The molecule has 0 spiro atoms. The highest BCUT2D eigenvalue weighted by molar-refractivity contribution is 7.47. The van der Waals surface area contributed by atoms with Crippen molar-refractivity contribution in [2.75, 3.05) is 26.4 Å². The summed E-state index contributed by atoms with van der Waals surface area (Å²) in [4.78, 5) is 32.0. The molecule has 0 aromatic rings. The lowest BCUT2D eigenvalue weighted by molar-refractivity contribution is -0.147. The van der Waals surface area contributed by atoms with Gasteiger partial charge in [-0.25, -0.2) is 4.57 Å². The van der Waals surface area contributed by atoms with Gasteiger partial charge in [0.1, 0.15) is 12.7 Å².